The Morgan fingerprint density at radius 1 is 1.00 bits per heavy atom. The Labute approximate surface area is 219 Å². The molecule has 0 heterocycles. The Morgan fingerprint density at radius 3 is 2.24 bits per heavy atom. The van der Waals surface area contributed by atoms with E-state index < -0.39 is 32.9 Å². The molecule has 38 heavy (non-hydrogen) atoms. The molecule has 0 aliphatic heterocycles. The number of nitrogens with zero attached hydrogens (tertiary/aromatic N) is 2. The van der Waals surface area contributed by atoms with Gasteiger partial charge in [-0.3, -0.25) is 14.9 Å². The largest absolute Gasteiger partial charge is 0.423 e. The summed E-state index contributed by atoms with van der Waals surface area (Å²) in [7, 11) is -3.93. The summed E-state index contributed by atoms with van der Waals surface area (Å²) in [5.41, 5.74) is 3.24. The standard InChI is InChI=1S/C26H26N4O7S/c1-17(2)24(29-38(35,36)21-14-8-18(3)9-15-21)25(31)28-27-16-19-10-12-20(13-11-19)37-26(32)22-6-4-5-7-23(22)30(33)34/h4-17,24,29H,1-3H3,(H,28,31)/b27-16-/t24-/m1/s1. The van der Waals surface area contributed by atoms with Gasteiger partial charge in [-0.25, -0.2) is 18.6 Å². The second-order valence-corrected chi connectivity index (χ2v) is 10.3. The highest BCUT2D eigenvalue weighted by atomic mass is 32.2. The van der Waals surface area contributed by atoms with Crippen molar-refractivity contribution < 1.29 is 27.7 Å². The maximum atomic E-state index is 12.7. The van der Waals surface area contributed by atoms with E-state index in [9.17, 15) is 28.1 Å². The normalized spacial score (nSPS) is 12.3. The van der Waals surface area contributed by atoms with Crippen molar-refractivity contribution in [1.82, 2.24) is 10.1 Å². The first-order valence-corrected chi connectivity index (χ1v) is 12.9. The van der Waals surface area contributed by atoms with Crippen molar-refractivity contribution in [2.24, 2.45) is 11.0 Å². The number of hydrogen-bond donors (Lipinski definition) is 2. The minimum Gasteiger partial charge on any atom is -0.423 e. The molecule has 0 saturated heterocycles. The topological polar surface area (TPSA) is 157 Å². The van der Waals surface area contributed by atoms with Crippen LogP contribution >= 0.6 is 0 Å². The number of esters is 1. The van der Waals surface area contributed by atoms with E-state index in [0.717, 1.165) is 5.56 Å². The second kappa shape index (κ2) is 12.2. The van der Waals surface area contributed by atoms with Crippen molar-refractivity contribution in [3.8, 4) is 5.75 Å². The van der Waals surface area contributed by atoms with Crippen LogP contribution in [0, 0.1) is 23.0 Å². The summed E-state index contributed by atoms with van der Waals surface area (Å²) in [6, 6.07) is 16.7. The van der Waals surface area contributed by atoms with Gasteiger partial charge in [-0.2, -0.15) is 9.82 Å². The Morgan fingerprint density at radius 2 is 1.63 bits per heavy atom. The number of nitro benzene ring substituents is 1. The molecule has 0 unspecified atom stereocenters. The maximum absolute atomic E-state index is 12.7. The molecular formula is C26H26N4O7S. The van der Waals surface area contributed by atoms with Gasteiger partial charge < -0.3 is 4.74 Å². The molecule has 0 bridgehead atoms. The number of aryl methyl sites for hydroxylation is 1. The molecule has 12 heteroatoms. The number of nitro groups is 1. The summed E-state index contributed by atoms with van der Waals surface area (Å²) in [6.45, 7) is 5.25. The van der Waals surface area contributed by atoms with Gasteiger partial charge in [-0.1, -0.05) is 43.7 Å². The van der Waals surface area contributed by atoms with Crippen molar-refractivity contribution in [2.45, 2.75) is 31.7 Å². The van der Waals surface area contributed by atoms with E-state index in [4.69, 9.17) is 4.74 Å². The lowest BCUT2D eigenvalue weighted by Crippen LogP contribution is -2.48. The molecule has 0 aliphatic carbocycles. The first-order chi connectivity index (χ1) is 18.0. The smallest absolute Gasteiger partial charge is 0.350 e. The van der Waals surface area contributed by atoms with E-state index in [1.807, 2.05) is 6.92 Å². The third-order valence-electron chi connectivity index (χ3n) is 5.36. The number of carbonyl (C=O) groups is 2. The van der Waals surface area contributed by atoms with Crippen molar-refractivity contribution in [1.29, 1.82) is 0 Å². The molecule has 3 rings (SSSR count). The van der Waals surface area contributed by atoms with E-state index in [1.165, 1.54) is 54.7 Å². The third kappa shape index (κ3) is 7.31. The van der Waals surface area contributed by atoms with Gasteiger partial charge in [0.05, 0.1) is 16.0 Å². The number of sulfonamides is 1. The number of hydrogen-bond acceptors (Lipinski definition) is 8. The number of carbonyl (C=O) groups excluding carboxylic acids is 2. The van der Waals surface area contributed by atoms with Crippen LogP contribution in [0.5, 0.6) is 5.75 Å². The van der Waals surface area contributed by atoms with Crippen LogP contribution < -0.4 is 14.9 Å². The van der Waals surface area contributed by atoms with Crippen molar-refractivity contribution in [3.05, 3.63) is 99.6 Å². The van der Waals surface area contributed by atoms with E-state index in [2.05, 4.69) is 15.2 Å². The highest BCUT2D eigenvalue weighted by Gasteiger charge is 2.28. The molecule has 3 aromatic carbocycles. The zero-order chi connectivity index (χ0) is 27.9. The number of nitrogens with one attached hydrogen (secondary N) is 2. The molecule has 0 fully saturated rings. The molecule has 1 amide bonds. The Balaban J connectivity index is 1.62. The molecule has 198 valence electrons. The average Bonchev–Trinajstić information content (AvgIpc) is 2.88. The van der Waals surface area contributed by atoms with Crippen LogP contribution in [0.3, 0.4) is 0 Å². The summed E-state index contributed by atoms with van der Waals surface area (Å²) < 4.78 is 33.1. The van der Waals surface area contributed by atoms with E-state index >= 15 is 0 Å². The van der Waals surface area contributed by atoms with E-state index in [-0.39, 0.29) is 27.8 Å². The summed E-state index contributed by atoms with van der Waals surface area (Å²) >= 11 is 0. The average molecular weight is 539 g/mol. The molecule has 0 aliphatic rings. The zero-order valence-electron chi connectivity index (χ0n) is 20.8. The van der Waals surface area contributed by atoms with Gasteiger partial charge in [-0.15, -0.1) is 0 Å². The first-order valence-electron chi connectivity index (χ1n) is 11.5. The van der Waals surface area contributed by atoms with Crippen molar-refractivity contribution in [2.75, 3.05) is 0 Å². The Kier molecular flexibility index (Phi) is 9.05. The van der Waals surface area contributed by atoms with E-state index in [0.29, 0.717) is 5.56 Å². The maximum Gasteiger partial charge on any atom is 0.350 e. The van der Waals surface area contributed by atoms with Gasteiger partial charge in [-0.05, 0) is 60.9 Å². The van der Waals surface area contributed by atoms with Gasteiger partial charge in [0.25, 0.3) is 11.6 Å². The molecule has 3 aromatic rings. The highest BCUT2D eigenvalue weighted by Crippen LogP contribution is 2.21. The fourth-order valence-corrected chi connectivity index (χ4v) is 4.62. The lowest BCUT2D eigenvalue weighted by Gasteiger charge is -2.20. The van der Waals surface area contributed by atoms with Gasteiger partial charge in [0.15, 0.2) is 0 Å². The van der Waals surface area contributed by atoms with Gasteiger partial charge in [0.2, 0.25) is 10.0 Å². The summed E-state index contributed by atoms with van der Waals surface area (Å²) in [5, 5.41) is 15.0. The minimum atomic E-state index is -3.93. The van der Waals surface area contributed by atoms with Crippen LogP contribution in [0.25, 0.3) is 0 Å². The highest BCUT2D eigenvalue weighted by molar-refractivity contribution is 7.89. The fraction of sp³-hybridized carbons (Fsp3) is 0.192. The van der Waals surface area contributed by atoms with E-state index in [1.54, 1.807) is 38.1 Å². The van der Waals surface area contributed by atoms with Crippen LogP contribution in [-0.2, 0) is 14.8 Å². The van der Waals surface area contributed by atoms with Gasteiger partial charge in [0.1, 0.15) is 17.4 Å². The predicted octanol–water partition coefficient (Wildman–Crippen LogP) is 3.58. The van der Waals surface area contributed by atoms with Crippen LogP contribution in [-0.4, -0.2) is 37.5 Å². The lowest BCUT2D eigenvalue weighted by atomic mass is 10.1. The number of para-hydroxylation sites is 1. The molecule has 11 nitrogen and oxygen atoms in total. The minimum absolute atomic E-state index is 0.0488. The summed E-state index contributed by atoms with van der Waals surface area (Å²) in [6.07, 6.45) is 1.33. The number of ether oxygens (including phenoxy) is 1. The predicted molar refractivity (Wildman–Crippen MR) is 140 cm³/mol. The third-order valence-corrected chi connectivity index (χ3v) is 6.82. The van der Waals surface area contributed by atoms with Crippen molar-refractivity contribution in [3.63, 3.8) is 0 Å². The summed E-state index contributed by atoms with van der Waals surface area (Å²) in [4.78, 5) is 35.5. The van der Waals surface area contributed by atoms with Gasteiger partial charge in [0, 0.05) is 6.07 Å². The molecule has 2 N–H and O–H groups in total. The molecule has 1 atom stereocenters. The first kappa shape index (κ1) is 28.2. The fourth-order valence-electron chi connectivity index (χ4n) is 3.27. The summed E-state index contributed by atoms with van der Waals surface area (Å²) in [5.74, 6) is -1.72. The van der Waals surface area contributed by atoms with Crippen molar-refractivity contribution >= 4 is 33.8 Å². The number of benzene rings is 3. The molecule has 0 spiro atoms. The lowest BCUT2D eigenvalue weighted by molar-refractivity contribution is -0.385. The van der Waals surface area contributed by atoms with Crippen LogP contribution in [0.2, 0.25) is 0 Å². The molecule has 0 aromatic heterocycles. The quantitative estimate of drug-likeness (QED) is 0.131. The van der Waals surface area contributed by atoms with Crippen LogP contribution in [0.4, 0.5) is 5.69 Å². The molecular weight excluding hydrogens is 512 g/mol. The second-order valence-electron chi connectivity index (χ2n) is 8.62. The SMILES string of the molecule is Cc1ccc(S(=O)(=O)N[C@@H](C(=O)N/N=C\c2ccc(OC(=O)c3ccccc3[N+](=O)[O-])cc2)C(C)C)cc1. The van der Waals surface area contributed by atoms with Crippen LogP contribution in [0.15, 0.2) is 82.8 Å². The monoisotopic (exact) mass is 538 g/mol. The number of rotatable bonds is 10. The number of hydrazone groups is 1. The van der Waals surface area contributed by atoms with Gasteiger partial charge >= 0.3 is 5.97 Å². The Hall–Kier alpha value is -4.42. The number of amides is 1. The van der Waals surface area contributed by atoms with Crippen LogP contribution in [0.1, 0.15) is 35.3 Å². The molecule has 0 saturated carbocycles. The zero-order valence-corrected chi connectivity index (χ0v) is 21.6. The Bertz CT molecular complexity index is 1450. The molecule has 0 radical (unpaired) electrons.